The first-order chi connectivity index (χ1) is 13.2. The topological polar surface area (TPSA) is 63.1 Å². The Morgan fingerprint density at radius 3 is 2.81 bits per heavy atom. The van der Waals surface area contributed by atoms with Gasteiger partial charge >= 0.3 is 0 Å². The van der Waals surface area contributed by atoms with Crippen LogP contribution in [0.2, 0.25) is 0 Å². The van der Waals surface area contributed by atoms with Crippen molar-refractivity contribution in [3.05, 3.63) is 54.1 Å². The van der Waals surface area contributed by atoms with Crippen LogP contribution < -0.4 is 0 Å². The van der Waals surface area contributed by atoms with Gasteiger partial charge in [0, 0.05) is 23.2 Å². The summed E-state index contributed by atoms with van der Waals surface area (Å²) in [5, 5.41) is 0. The lowest BCUT2D eigenvalue weighted by molar-refractivity contribution is 0.101. The van der Waals surface area contributed by atoms with Crippen molar-refractivity contribution < 1.29 is 4.79 Å². The number of hydrogen-bond donors (Lipinski definition) is 1. The van der Waals surface area contributed by atoms with Crippen molar-refractivity contribution in [2.24, 2.45) is 0 Å². The molecule has 3 aromatic heterocycles. The number of carbonyl (C=O) groups excluding carboxylic acids is 1. The highest BCUT2D eigenvalue weighted by Crippen LogP contribution is 2.36. The molecule has 0 atom stereocenters. The highest BCUT2D eigenvalue weighted by atomic mass is 16.1. The van der Waals surface area contributed by atoms with Crippen molar-refractivity contribution in [3.63, 3.8) is 0 Å². The summed E-state index contributed by atoms with van der Waals surface area (Å²) in [6, 6.07) is 9.82. The average Bonchev–Trinajstić information content (AvgIpc) is 3.33. The molecule has 0 aliphatic heterocycles. The number of aromatic nitrogens is 4. The number of imidazole rings is 1. The zero-order valence-electron chi connectivity index (χ0n) is 15.4. The third kappa shape index (κ3) is 2.65. The molecule has 1 aliphatic rings. The van der Waals surface area contributed by atoms with Gasteiger partial charge in [-0.1, -0.05) is 37.5 Å². The van der Waals surface area contributed by atoms with Gasteiger partial charge in [-0.15, -0.1) is 0 Å². The van der Waals surface area contributed by atoms with E-state index in [0.717, 1.165) is 33.8 Å². The number of ketones is 1. The molecule has 0 spiro atoms. The fourth-order valence-corrected chi connectivity index (χ4v) is 4.32. The number of rotatable bonds is 3. The summed E-state index contributed by atoms with van der Waals surface area (Å²) in [6.07, 6.45) is 10.0. The van der Waals surface area contributed by atoms with Gasteiger partial charge in [0.1, 0.15) is 5.82 Å². The van der Waals surface area contributed by atoms with E-state index in [1.165, 1.54) is 32.1 Å². The minimum Gasteiger partial charge on any atom is -0.345 e. The second-order valence-corrected chi connectivity index (χ2v) is 7.48. The number of hydrogen-bond acceptors (Lipinski definition) is 3. The maximum Gasteiger partial charge on any atom is 0.159 e. The largest absolute Gasteiger partial charge is 0.345 e. The molecule has 0 amide bonds. The van der Waals surface area contributed by atoms with Crippen LogP contribution in [0.5, 0.6) is 0 Å². The zero-order chi connectivity index (χ0) is 18.4. The Morgan fingerprint density at radius 1 is 1.15 bits per heavy atom. The first-order valence-electron chi connectivity index (χ1n) is 9.68. The Labute approximate surface area is 157 Å². The number of nitrogens with one attached hydrogen (secondary N) is 1. The maximum absolute atomic E-state index is 11.8. The molecule has 5 heteroatoms. The first-order valence-corrected chi connectivity index (χ1v) is 9.68. The Kier molecular flexibility index (Phi) is 3.81. The Morgan fingerprint density at radius 2 is 2.00 bits per heavy atom. The van der Waals surface area contributed by atoms with Crippen LogP contribution in [0, 0.1) is 0 Å². The molecule has 5 rings (SSSR count). The quantitative estimate of drug-likeness (QED) is 0.517. The van der Waals surface area contributed by atoms with Crippen molar-refractivity contribution in [2.75, 3.05) is 0 Å². The lowest BCUT2D eigenvalue weighted by Crippen LogP contribution is -2.09. The lowest BCUT2D eigenvalue weighted by atomic mass is 9.89. The van der Waals surface area contributed by atoms with E-state index < -0.39 is 0 Å². The van der Waals surface area contributed by atoms with E-state index in [-0.39, 0.29) is 5.78 Å². The van der Waals surface area contributed by atoms with Crippen LogP contribution >= 0.6 is 0 Å². The molecule has 0 radical (unpaired) electrons. The molecule has 1 saturated carbocycles. The van der Waals surface area contributed by atoms with Gasteiger partial charge in [0.2, 0.25) is 0 Å². The van der Waals surface area contributed by atoms with Gasteiger partial charge < -0.3 is 4.98 Å². The summed E-state index contributed by atoms with van der Waals surface area (Å²) in [6.45, 7) is 1.60. The number of aromatic amines is 1. The van der Waals surface area contributed by atoms with Gasteiger partial charge in [-0.05, 0) is 31.9 Å². The van der Waals surface area contributed by atoms with Crippen molar-refractivity contribution >= 4 is 22.5 Å². The normalized spacial score (nSPS) is 15.6. The van der Waals surface area contributed by atoms with Crippen LogP contribution in [0.1, 0.15) is 61.1 Å². The molecule has 1 N–H and O–H groups in total. The standard InChI is InChI=1S/C22H22N4O/c1-14(27)16-8-5-9-17(12-16)20-19-13-24-21-18(10-11-23-21)26(19)22(25-20)15-6-3-2-4-7-15/h5,8-13,15,23H,2-4,6-7H2,1H3. The Balaban J connectivity index is 1.78. The summed E-state index contributed by atoms with van der Waals surface area (Å²) in [7, 11) is 0. The third-order valence-electron chi connectivity index (χ3n) is 5.71. The zero-order valence-corrected chi connectivity index (χ0v) is 15.4. The Hall–Kier alpha value is -2.95. The molecular formula is C22H22N4O. The molecule has 3 heterocycles. The molecule has 4 aromatic rings. The van der Waals surface area contributed by atoms with Gasteiger partial charge in [-0.25, -0.2) is 9.97 Å². The van der Waals surface area contributed by atoms with E-state index in [9.17, 15) is 4.79 Å². The van der Waals surface area contributed by atoms with E-state index in [0.29, 0.717) is 11.5 Å². The van der Waals surface area contributed by atoms with Crippen molar-refractivity contribution in [3.8, 4) is 11.3 Å². The minimum absolute atomic E-state index is 0.0685. The summed E-state index contributed by atoms with van der Waals surface area (Å²) in [5.74, 6) is 1.66. The average molecular weight is 358 g/mol. The first kappa shape index (κ1) is 16.2. The molecule has 1 aromatic carbocycles. The van der Waals surface area contributed by atoms with Crippen LogP contribution in [0.3, 0.4) is 0 Å². The number of H-pyrrole nitrogens is 1. The van der Waals surface area contributed by atoms with Gasteiger partial charge in [0.25, 0.3) is 0 Å². The molecular weight excluding hydrogens is 336 g/mol. The molecule has 0 bridgehead atoms. The second-order valence-electron chi connectivity index (χ2n) is 7.48. The van der Waals surface area contributed by atoms with Gasteiger partial charge in [0.15, 0.2) is 11.4 Å². The van der Waals surface area contributed by atoms with E-state index in [2.05, 4.69) is 20.4 Å². The molecule has 27 heavy (non-hydrogen) atoms. The monoisotopic (exact) mass is 358 g/mol. The summed E-state index contributed by atoms with van der Waals surface area (Å²) in [5.41, 5.74) is 5.54. The Bertz CT molecular complexity index is 1150. The predicted molar refractivity (Wildman–Crippen MR) is 106 cm³/mol. The molecule has 136 valence electrons. The second kappa shape index (κ2) is 6.34. The van der Waals surface area contributed by atoms with Gasteiger partial charge in [-0.2, -0.15) is 0 Å². The van der Waals surface area contributed by atoms with Crippen molar-refractivity contribution in [2.45, 2.75) is 44.9 Å². The van der Waals surface area contributed by atoms with Gasteiger partial charge in [0.05, 0.1) is 22.9 Å². The van der Waals surface area contributed by atoms with Crippen LogP contribution in [0.4, 0.5) is 0 Å². The van der Waals surface area contributed by atoms with Crippen molar-refractivity contribution in [1.82, 2.24) is 19.4 Å². The predicted octanol–water partition coefficient (Wildman–Crippen LogP) is 5.13. The molecule has 5 nitrogen and oxygen atoms in total. The van der Waals surface area contributed by atoms with Gasteiger partial charge in [-0.3, -0.25) is 9.20 Å². The lowest BCUT2D eigenvalue weighted by Gasteiger charge is -2.20. The molecule has 1 fully saturated rings. The van der Waals surface area contributed by atoms with Crippen LogP contribution in [-0.4, -0.2) is 25.1 Å². The number of fused-ring (bicyclic) bond motifs is 3. The van der Waals surface area contributed by atoms with Crippen LogP contribution in [-0.2, 0) is 0 Å². The fourth-order valence-electron chi connectivity index (χ4n) is 4.32. The van der Waals surface area contributed by atoms with Crippen LogP contribution in [0.15, 0.2) is 42.7 Å². The number of nitrogens with zero attached hydrogens (tertiary/aromatic N) is 3. The minimum atomic E-state index is 0.0685. The van der Waals surface area contributed by atoms with E-state index >= 15 is 0 Å². The number of carbonyl (C=O) groups is 1. The highest BCUT2D eigenvalue weighted by molar-refractivity contribution is 5.96. The SMILES string of the molecule is CC(=O)c1cccc(-c2nc(C3CCCCC3)n3c2cnc2[nH]ccc23)c1. The molecule has 0 unspecified atom stereocenters. The van der Waals surface area contributed by atoms with E-state index in [1.54, 1.807) is 6.92 Å². The summed E-state index contributed by atoms with van der Waals surface area (Å²) >= 11 is 0. The van der Waals surface area contributed by atoms with Crippen LogP contribution in [0.25, 0.3) is 27.9 Å². The molecule has 0 saturated heterocycles. The summed E-state index contributed by atoms with van der Waals surface area (Å²) in [4.78, 5) is 24.8. The fraction of sp³-hybridized carbons (Fsp3) is 0.318. The smallest absolute Gasteiger partial charge is 0.159 e. The van der Waals surface area contributed by atoms with Crippen molar-refractivity contribution in [1.29, 1.82) is 0 Å². The van der Waals surface area contributed by atoms with E-state index in [4.69, 9.17) is 4.98 Å². The molecule has 1 aliphatic carbocycles. The third-order valence-corrected chi connectivity index (χ3v) is 5.71. The summed E-state index contributed by atoms with van der Waals surface area (Å²) < 4.78 is 2.27. The number of benzene rings is 1. The maximum atomic E-state index is 11.8. The van der Waals surface area contributed by atoms with E-state index in [1.807, 2.05) is 36.7 Å². The highest BCUT2D eigenvalue weighted by Gasteiger charge is 2.24. The number of Topliss-reactive ketones (excluding diaryl/α,β-unsaturated/α-hetero) is 1.